The van der Waals surface area contributed by atoms with Gasteiger partial charge in [-0.15, -0.1) is 0 Å². The first-order chi connectivity index (χ1) is 7.45. The van der Waals surface area contributed by atoms with E-state index in [0.29, 0.717) is 5.69 Å². The molecule has 16 heavy (non-hydrogen) atoms. The third-order valence-corrected chi connectivity index (χ3v) is 1.61. The summed E-state index contributed by atoms with van der Waals surface area (Å²) in [5.74, 6) is -4.22. The van der Waals surface area contributed by atoms with E-state index in [4.69, 9.17) is 5.73 Å². The molecule has 0 aliphatic rings. The Kier molecular flexibility index (Phi) is 3.99. The Bertz CT molecular complexity index is 348. The molecule has 0 atom stereocenters. The van der Waals surface area contributed by atoms with Gasteiger partial charge in [-0.2, -0.15) is 13.8 Å². The van der Waals surface area contributed by atoms with Crippen LogP contribution in [0.15, 0.2) is 12.3 Å². The fraction of sp³-hybridized carbons (Fsp3) is 0.500. The Morgan fingerprint density at radius 2 is 2.12 bits per heavy atom. The summed E-state index contributed by atoms with van der Waals surface area (Å²) in [4.78, 5) is 7.10. The first kappa shape index (κ1) is 12.6. The molecule has 1 aromatic heterocycles. The van der Waals surface area contributed by atoms with E-state index in [1.54, 1.807) is 0 Å². The second-order valence-corrected chi connectivity index (χ2v) is 2.89. The van der Waals surface area contributed by atoms with Crippen LogP contribution in [0.3, 0.4) is 0 Å². The van der Waals surface area contributed by atoms with Crippen LogP contribution in [0.1, 0.15) is 5.69 Å². The maximum atomic E-state index is 12.5. The predicted molar refractivity (Wildman–Crippen MR) is 46.4 cm³/mol. The van der Waals surface area contributed by atoms with E-state index >= 15 is 0 Å². The smallest absolute Gasteiger partial charge is 0.340 e. The summed E-state index contributed by atoms with van der Waals surface area (Å²) in [6.45, 7) is -1.40. The quantitative estimate of drug-likeness (QED) is 0.784. The van der Waals surface area contributed by atoms with Crippen LogP contribution in [0.2, 0.25) is 0 Å². The minimum atomic E-state index is -4.22. The number of aromatic nitrogens is 2. The van der Waals surface area contributed by atoms with E-state index in [1.165, 1.54) is 12.3 Å². The second-order valence-electron chi connectivity index (χ2n) is 2.89. The van der Waals surface area contributed by atoms with Gasteiger partial charge in [-0.05, 0) is 6.07 Å². The fourth-order valence-corrected chi connectivity index (χ4v) is 0.783. The number of hydrogen-bond acceptors (Lipinski definition) is 4. The van der Waals surface area contributed by atoms with Crippen molar-refractivity contribution >= 4 is 0 Å². The highest BCUT2D eigenvalue weighted by atomic mass is 19.3. The lowest BCUT2D eigenvalue weighted by molar-refractivity contribution is -0.149. The third-order valence-electron chi connectivity index (χ3n) is 1.61. The molecule has 1 aromatic rings. The van der Waals surface area contributed by atoms with Crippen molar-refractivity contribution < 1.29 is 22.3 Å². The molecule has 0 saturated heterocycles. The Hall–Kier alpha value is -1.44. The van der Waals surface area contributed by atoms with Crippen molar-refractivity contribution in [2.45, 2.75) is 18.9 Å². The first-order valence-corrected chi connectivity index (χ1v) is 4.26. The molecular formula is C8H9F4N3O. The molecule has 90 valence electrons. The minimum absolute atomic E-state index is 0.0735. The van der Waals surface area contributed by atoms with E-state index in [1.807, 2.05) is 0 Å². The molecule has 1 heterocycles. The summed E-state index contributed by atoms with van der Waals surface area (Å²) in [5, 5.41) is 0. The van der Waals surface area contributed by atoms with Gasteiger partial charge >= 0.3 is 18.4 Å². The molecule has 1 rings (SSSR count). The van der Waals surface area contributed by atoms with Crippen molar-refractivity contribution in [3.8, 4) is 6.01 Å². The number of nitrogens with zero attached hydrogens (tertiary/aromatic N) is 2. The normalized spacial score (nSPS) is 11.9. The van der Waals surface area contributed by atoms with Crippen LogP contribution in [0.4, 0.5) is 17.6 Å². The van der Waals surface area contributed by atoms with Gasteiger partial charge < -0.3 is 10.5 Å². The van der Waals surface area contributed by atoms with Crippen molar-refractivity contribution in [2.75, 3.05) is 6.61 Å². The van der Waals surface area contributed by atoms with Gasteiger partial charge in [0.05, 0.1) is 5.69 Å². The van der Waals surface area contributed by atoms with E-state index in [0.717, 1.165) is 0 Å². The summed E-state index contributed by atoms with van der Waals surface area (Å²) in [5.41, 5.74) is 5.60. The molecular weight excluding hydrogens is 230 g/mol. The highest BCUT2D eigenvalue weighted by molar-refractivity contribution is 5.05. The summed E-state index contributed by atoms with van der Waals surface area (Å²) < 4.78 is 52.8. The molecule has 0 radical (unpaired) electrons. The van der Waals surface area contributed by atoms with Gasteiger partial charge in [0.1, 0.15) is 0 Å². The molecule has 0 saturated carbocycles. The number of nitrogens with two attached hydrogens (primary N) is 1. The third kappa shape index (κ3) is 3.30. The Balaban J connectivity index is 2.60. The van der Waals surface area contributed by atoms with Crippen LogP contribution in [-0.2, 0) is 6.54 Å². The average molecular weight is 239 g/mol. The van der Waals surface area contributed by atoms with E-state index < -0.39 is 25.0 Å². The van der Waals surface area contributed by atoms with Crippen molar-refractivity contribution in [1.82, 2.24) is 9.97 Å². The van der Waals surface area contributed by atoms with Crippen molar-refractivity contribution in [1.29, 1.82) is 0 Å². The van der Waals surface area contributed by atoms with Gasteiger partial charge in [-0.3, -0.25) is 0 Å². The number of rotatable bonds is 5. The lowest BCUT2D eigenvalue weighted by Gasteiger charge is -2.14. The number of ether oxygens (including phenoxy) is 1. The van der Waals surface area contributed by atoms with Gasteiger partial charge in [-0.1, -0.05) is 0 Å². The highest BCUT2D eigenvalue weighted by Crippen LogP contribution is 2.23. The Labute approximate surface area is 88.4 Å². The lowest BCUT2D eigenvalue weighted by atomic mass is 10.4. The largest absolute Gasteiger partial charge is 0.457 e. The molecule has 0 bridgehead atoms. The molecule has 0 amide bonds. The number of halogens is 4. The summed E-state index contributed by atoms with van der Waals surface area (Å²) >= 11 is 0. The highest BCUT2D eigenvalue weighted by Gasteiger charge is 2.42. The van der Waals surface area contributed by atoms with E-state index in [-0.39, 0.29) is 6.54 Å². The van der Waals surface area contributed by atoms with Gasteiger partial charge in [0.15, 0.2) is 6.61 Å². The van der Waals surface area contributed by atoms with E-state index in [2.05, 4.69) is 14.7 Å². The van der Waals surface area contributed by atoms with Crippen molar-refractivity contribution in [3.05, 3.63) is 18.0 Å². The van der Waals surface area contributed by atoms with E-state index in [9.17, 15) is 17.6 Å². The average Bonchev–Trinajstić information content (AvgIpc) is 2.26. The summed E-state index contributed by atoms with van der Waals surface area (Å²) in [6.07, 6.45) is -2.55. The zero-order valence-corrected chi connectivity index (χ0v) is 8.04. The number of alkyl halides is 4. The zero-order chi connectivity index (χ0) is 12.2. The maximum absolute atomic E-state index is 12.5. The maximum Gasteiger partial charge on any atom is 0.340 e. The van der Waals surface area contributed by atoms with Crippen molar-refractivity contribution in [2.24, 2.45) is 5.73 Å². The van der Waals surface area contributed by atoms with Gasteiger partial charge in [-0.25, -0.2) is 13.8 Å². The molecule has 0 unspecified atom stereocenters. The molecule has 4 nitrogen and oxygen atoms in total. The molecule has 0 fully saturated rings. The van der Waals surface area contributed by atoms with Gasteiger partial charge in [0.2, 0.25) is 0 Å². The standard InChI is InChI=1S/C8H9F4N3O/c9-6(10)8(11,12)4-16-7-14-2-1-5(3-13)15-7/h1-2,6H,3-4,13H2. The van der Waals surface area contributed by atoms with Crippen molar-refractivity contribution in [3.63, 3.8) is 0 Å². The molecule has 0 aliphatic heterocycles. The van der Waals surface area contributed by atoms with Crippen LogP contribution in [0.25, 0.3) is 0 Å². The SMILES string of the molecule is NCc1ccnc(OCC(F)(F)C(F)F)n1. The topological polar surface area (TPSA) is 61.0 Å². The predicted octanol–water partition coefficient (Wildman–Crippen LogP) is 1.21. The van der Waals surface area contributed by atoms with Crippen LogP contribution in [-0.4, -0.2) is 28.9 Å². The Morgan fingerprint density at radius 3 is 2.69 bits per heavy atom. The monoisotopic (exact) mass is 239 g/mol. The van der Waals surface area contributed by atoms with Crippen LogP contribution in [0, 0.1) is 0 Å². The molecule has 0 aromatic carbocycles. The molecule has 8 heteroatoms. The zero-order valence-electron chi connectivity index (χ0n) is 8.04. The van der Waals surface area contributed by atoms with Gasteiger partial charge in [0, 0.05) is 12.7 Å². The second kappa shape index (κ2) is 5.06. The Morgan fingerprint density at radius 1 is 1.44 bits per heavy atom. The summed E-state index contributed by atoms with van der Waals surface area (Å²) in [6, 6.07) is 1.06. The fourth-order valence-electron chi connectivity index (χ4n) is 0.783. The van der Waals surface area contributed by atoms with Crippen LogP contribution >= 0.6 is 0 Å². The lowest BCUT2D eigenvalue weighted by Crippen LogP contribution is -2.34. The van der Waals surface area contributed by atoms with Gasteiger partial charge in [0.25, 0.3) is 0 Å². The molecule has 0 aliphatic carbocycles. The summed E-state index contributed by atoms with van der Waals surface area (Å²) in [7, 11) is 0. The minimum Gasteiger partial charge on any atom is -0.457 e. The van der Waals surface area contributed by atoms with Crippen LogP contribution < -0.4 is 10.5 Å². The first-order valence-electron chi connectivity index (χ1n) is 4.26. The number of hydrogen-bond donors (Lipinski definition) is 1. The molecule has 0 spiro atoms. The molecule has 2 N–H and O–H groups in total. The van der Waals surface area contributed by atoms with Crippen LogP contribution in [0.5, 0.6) is 6.01 Å².